The van der Waals surface area contributed by atoms with E-state index >= 15 is 0 Å². The fraction of sp³-hybridized carbons (Fsp3) is 0.643. The fourth-order valence-corrected chi connectivity index (χ4v) is 3.54. The highest BCUT2D eigenvalue weighted by molar-refractivity contribution is 7.10. The lowest BCUT2D eigenvalue weighted by atomic mass is 9.98. The molecule has 1 aromatic heterocycles. The topological polar surface area (TPSA) is 58.4 Å². The van der Waals surface area contributed by atoms with Crippen molar-refractivity contribution >= 4 is 42.1 Å². The van der Waals surface area contributed by atoms with Gasteiger partial charge in [0.2, 0.25) is 5.91 Å². The van der Waals surface area contributed by atoms with Crippen LogP contribution in [0.3, 0.4) is 0 Å². The Labute approximate surface area is 143 Å². The molecule has 1 aliphatic rings. The Morgan fingerprint density at radius 3 is 2.52 bits per heavy atom. The van der Waals surface area contributed by atoms with Crippen LogP contribution in [0.25, 0.3) is 0 Å². The van der Waals surface area contributed by atoms with Crippen LogP contribution in [0.5, 0.6) is 0 Å². The maximum absolute atomic E-state index is 12.2. The number of rotatable bonds is 5. The first-order valence-corrected chi connectivity index (χ1v) is 7.68. The van der Waals surface area contributed by atoms with Crippen LogP contribution < -0.4 is 11.1 Å². The predicted octanol–water partition coefficient (Wildman–Crippen LogP) is 2.58. The summed E-state index contributed by atoms with van der Waals surface area (Å²) in [5.74, 6) is 0.00778. The molecule has 1 aromatic rings. The average Bonchev–Trinajstić information content (AvgIpc) is 3.01. The minimum atomic E-state index is -0.633. The number of nitrogens with one attached hydrogen (secondary N) is 1. The van der Waals surface area contributed by atoms with E-state index in [9.17, 15) is 4.79 Å². The molecular weight excluding hydrogens is 329 g/mol. The van der Waals surface area contributed by atoms with E-state index in [1.807, 2.05) is 20.2 Å². The van der Waals surface area contributed by atoms with E-state index in [1.54, 1.807) is 11.3 Å². The van der Waals surface area contributed by atoms with Crippen LogP contribution in [0.15, 0.2) is 17.5 Å². The lowest BCUT2D eigenvalue weighted by molar-refractivity contribution is -0.126. The fourth-order valence-electron chi connectivity index (χ4n) is 2.62. The van der Waals surface area contributed by atoms with Gasteiger partial charge in [-0.3, -0.25) is 4.79 Å². The van der Waals surface area contributed by atoms with Crippen molar-refractivity contribution in [3.8, 4) is 0 Å². The number of carbonyl (C=O) groups is 1. The minimum absolute atomic E-state index is 0. The van der Waals surface area contributed by atoms with Crippen LogP contribution in [-0.4, -0.2) is 37.0 Å². The molecule has 1 atom stereocenters. The molecule has 1 aliphatic carbocycles. The van der Waals surface area contributed by atoms with Gasteiger partial charge in [0.15, 0.2) is 0 Å². The smallest absolute Gasteiger partial charge is 0.240 e. The molecule has 0 aliphatic heterocycles. The lowest BCUT2D eigenvalue weighted by Gasteiger charge is -2.27. The van der Waals surface area contributed by atoms with Crippen LogP contribution in [-0.2, 0) is 4.79 Å². The first kappa shape index (κ1) is 20.7. The summed E-state index contributed by atoms with van der Waals surface area (Å²) in [7, 11) is 4.06. The molecule has 1 amide bonds. The number of hydrogen-bond acceptors (Lipinski definition) is 4. The van der Waals surface area contributed by atoms with Crippen molar-refractivity contribution in [2.75, 3.05) is 20.6 Å². The van der Waals surface area contributed by atoms with E-state index < -0.39 is 5.54 Å². The van der Waals surface area contributed by atoms with Gasteiger partial charge < -0.3 is 16.0 Å². The summed E-state index contributed by atoms with van der Waals surface area (Å²) in [5.41, 5.74) is 5.53. The Balaban J connectivity index is 0.00000200. The zero-order chi connectivity index (χ0) is 13.9. The number of thiophene rings is 1. The van der Waals surface area contributed by atoms with Gasteiger partial charge in [0, 0.05) is 11.4 Å². The summed E-state index contributed by atoms with van der Waals surface area (Å²) in [4.78, 5) is 15.6. The molecule has 1 saturated carbocycles. The van der Waals surface area contributed by atoms with Crippen molar-refractivity contribution in [1.82, 2.24) is 10.2 Å². The zero-order valence-corrected chi connectivity index (χ0v) is 15.0. The van der Waals surface area contributed by atoms with Crippen LogP contribution in [0, 0.1) is 0 Å². The van der Waals surface area contributed by atoms with Gasteiger partial charge in [-0.25, -0.2) is 0 Å². The van der Waals surface area contributed by atoms with E-state index in [-0.39, 0.29) is 36.8 Å². The van der Waals surface area contributed by atoms with Crippen molar-refractivity contribution in [2.45, 2.75) is 37.3 Å². The molecule has 2 rings (SSSR count). The van der Waals surface area contributed by atoms with Crippen LogP contribution in [0.1, 0.15) is 36.6 Å². The molecule has 1 fully saturated rings. The van der Waals surface area contributed by atoms with Gasteiger partial charge >= 0.3 is 0 Å². The molecule has 0 aromatic carbocycles. The molecule has 4 nitrogen and oxygen atoms in total. The van der Waals surface area contributed by atoms with Gasteiger partial charge in [-0.1, -0.05) is 18.9 Å². The molecule has 3 N–H and O–H groups in total. The summed E-state index contributed by atoms with van der Waals surface area (Å²) in [6.45, 7) is 0.616. The first-order chi connectivity index (χ1) is 9.03. The summed E-state index contributed by atoms with van der Waals surface area (Å²) in [5, 5.41) is 5.10. The van der Waals surface area contributed by atoms with Crippen molar-refractivity contribution in [3.63, 3.8) is 0 Å². The van der Waals surface area contributed by atoms with E-state index in [1.165, 1.54) is 4.88 Å². The molecule has 21 heavy (non-hydrogen) atoms. The average molecular weight is 354 g/mol. The standard InChI is InChI=1S/C14H23N3OS.2ClH/c1-17(2)11(12-6-5-9-19-12)10-16-13(18)14(15)7-3-4-8-14;;/h5-6,9,11H,3-4,7-8,10,15H2,1-2H3,(H,16,18);2*1H. The van der Waals surface area contributed by atoms with E-state index in [0.717, 1.165) is 25.7 Å². The highest BCUT2D eigenvalue weighted by Crippen LogP contribution is 2.28. The van der Waals surface area contributed by atoms with Gasteiger partial charge in [-0.2, -0.15) is 0 Å². The second-order valence-corrected chi connectivity index (χ2v) is 6.55. The molecule has 0 saturated heterocycles. The molecular formula is C14H25Cl2N3OS. The summed E-state index contributed by atoms with van der Waals surface area (Å²) in [6, 6.07) is 4.36. The number of likely N-dealkylation sites (N-methyl/N-ethyl adjacent to an activating group) is 1. The SMILES string of the molecule is CN(C)C(CNC(=O)C1(N)CCCC1)c1cccs1.Cl.Cl. The molecule has 122 valence electrons. The van der Waals surface area contributed by atoms with Gasteiger partial charge in [-0.15, -0.1) is 36.2 Å². The van der Waals surface area contributed by atoms with Crippen LogP contribution in [0.2, 0.25) is 0 Å². The normalized spacial score (nSPS) is 17.7. The number of carbonyl (C=O) groups excluding carboxylic acids is 1. The van der Waals surface area contributed by atoms with Gasteiger partial charge in [0.1, 0.15) is 0 Å². The van der Waals surface area contributed by atoms with Gasteiger partial charge in [0.05, 0.1) is 11.6 Å². The highest BCUT2D eigenvalue weighted by atomic mass is 35.5. The largest absolute Gasteiger partial charge is 0.353 e. The second kappa shape index (κ2) is 8.96. The van der Waals surface area contributed by atoms with Crippen molar-refractivity contribution in [3.05, 3.63) is 22.4 Å². The van der Waals surface area contributed by atoms with Crippen molar-refractivity contribution in [2.24, 2.45) is 5.73 Å². The Hall–Kier alpha value is -0.330. The third-order valence-corrected chi connectivity index (χ3v) is 4.87. The maximum atomic E-state index is 12.2. The monoisotopic (exact) mass is 353 g/mol. The Morgan fingerprint density at radius 2 is 2.05 bits per heavy atom. The van der Waals surface area contributed by atoms with Crippen LogP contribution in [0.4, 0.5) is 0 Å². The molecule has 1 heterocycles. The Morgan fingerprint density at radius 1 is 1.43 bits per heavy atom. The molecule has 7 heteroatoms. The Kier molecular flexibility index (Phi) is 8.81. The number of nitrogens with two attached hydrogens (primary N) is 1. The maximum Gasteiger partial charge on any atom is 0.240 e. The number of hydrogen-bond donors (Lipinski definition) is 2. The number of nitrogens with zero attached hydrogens (tertiary/aromatic N) is 1. The zero-order valence-electron chi connectivity index (χ0n) is 12.5. The summed E-state index contributed by atoms with van der Waals surface area (Å²) >= 11 is 1.72. The third-order valence-electron chi connectivity index (χ3n) is 3.90. The second-order valence-electron chi connectivity index (χ2n) is 5.57. The van der Waals surface area contributed by atoms with Gasteiger partial charge in [0.25, 0.3) is 0 Å². The predicted molar refractivity (Wildman–Crippen MR) is 93.6 cm³/mol. The Bertz CT molecular complexity index is 420. The van der Waals surface area contributed by atoms with Crippen molar-refractivity contribution in [1.29, 1.82) is 0 Å². The molecule has 0 bridgehead atoms. The van der Waals surface area contributed by atoms with E-state index in [2.05, 4.69) is 21.7 Å². The van der Waals surface area contributed by atoms with Gasteiger partial charge in [-0.05, 0) is 38.4 Å². The minimum Gasteiger partial charge on any atom is -0.353 e. The summed E-state index contributed by atoms with van der Waals surface area (Å²) < 4.78 is 0. The molecule has 0 spiro atoms. The quantitative estimate of drug-likeness (QED) is 0.855. The first-order valence-electron chi connectivity index (χ1n) is 6.80. The van der Waals surface area contributed by atoms with Crippen molar-refractivity contribution < 1.29 is 4.79 Å². The van der Waals surface area contributed by atoms with E-state index in [0.29, 0.717) is 6.54 Å². The molecule has 1 unspecified atom stereocenters. The van der Waals surface area contributed by atoms with Crippen LogP contribution >= 0.6 is 36.2 Å². The number of halogens is 2. The number of amides is 1. The third kappa shape index (κ3) is 5.11. The van der Waals surface area contributed by atoms with E-state index in [4.69, 9.17) is 5.73 Å². The summed E-state index contributed by atoms with van der Waals surface area (Å²) in [6.07, 6.45) is 3.74. The molecule has 0 radical (unpaired) electrons. The lowest BCUT2D eigenvalue weighted by Crippen LogP contribution is -2.53. The highest BCUT2D eigenvalue weighted by Gasteiger charge is 2.37.